The number of esters is 1. The summed E-state index contributed by atoms with van der Waals surface area (Å²) in [6.45, 7) is 3.54. The van der Waals surface area contributed by atoms with E-state index in [-0.39, 0.29) is 12.2 Å². The summed E-state index contributed by atoms with van der Waals surface area (Å²) in [5.74, 6) is 0.202. The van der Waals surface area contributed by atoms with Crippen LogP contribution in [-0.2, 0) is 11.3 Å². The van der Waals surface area contributed by atoms with Crippen molar-refractivity contribution >= 4 is 39.0 Å². The second kappa shape index (κ2) is 7.53. The Hall–Kier alpha value is -3.26. The van der Waals surface area contributed by atoms with Crippen molar-refractivity contribution in [2.24, 2.45) is 0 Å². The van der Waals surface area contributed by atoms with E-state index >= 15 is 0 Å². The van der Waals surface area contributed by atoms with Crippen LogP contribution in [-0.4, -0.2) is 33.4 Å². The van der Waals surface area contributed by atoms with Crippen molar-refractivity contribution in [3.63, 3.8) is 0 Å². The molecule has 0 unspecified atom stereocenters. The first-order chi connectivity index (χ1) is 14.6. The Morgan fingerprint density at radius 3 is 2.80 bits per heavy atom. The van der Waals surface area contributed by atoms with Crippen molar-refractivity contribution < 1.29 is 9.53 Å². The summed E-state index contributed by atoms with van der Waals surface area (Å²) in [5.41, 5.74) is 2.40. The number of benzene rings is 1. The van der Waals surface area contributed by atoms with Crippen LogP contribution in [0.4, 0.5) is 5.82 Å². The highest BCUT2D eigenvalue weighted by molar-refractivity contribution is 7.15. The van der Waals surface area contributed by atoms with Crippen molar-refractivity contribution in [3.8, 4) is 0 Å². The number of para-hydroxylation sites is 1. The molecule has 5 rings (SSSR count). The standard InChI is InChI=1S/C22H20N4O3S/c1-14-13-30-22-23-16(11-19(27)26(14)22)12-29-21(28)17-10-15-6-2-3-7-18(15)24-20(17)25-8-4-5-9-25/h2-3,6-7,10-11,13H,4-5,8-9,12H2,1H3. The maximum Gasteiger partial charge on any atom is 0.342 e. The van der Waals surface area contributed by atoms with Gasteiger partial charge in [0.25, 0.3) is 5.56 Å². The van der Waals surface area contributed by atoms with Gasteiger partial charge in [-0.2, -0.15) is 0 Å². The zero-order valence-corrected chi connectivity index (χ0v) is 17.3. The number of hydrogen-bond donors (Lipinski definition) is 0. The minimum Gasteiger partial charge on any atom is -0.455 e. The molecule has 152 valence electrons. The normalized spacial score (nSPS) is 14.0. The fourth-order valence-corrected chi connectivity index (χ4v) is 4.71. The van der Waals surface area contributed by atoms with Crippen molar-refractivity contribution in [2.45, 2.75) is 26.4 Å². The van der Waals surface area contributed by atoms with Gasteiger partial charge in [-0.1, -0.05) is 18.2 Å². The highest BCUT2D eigenvalue weighted by atomic mass is 32.1. The molecule has 0 N–H and O–H groups in total. The van der Waals surface area contributed by atoms with Gasteiger partial charge < -0.3 is 9.64 Å². The molecular weight excluding hydrogens is 400 g/mol. The van der Waals surface area contributed by atoms with Crippen LogP contribution >= 0.6 is 11.3 Å². The summed E-state index contributed by atoms with van der Waals surface area (Å²) in [5, 5.41) is 2.77. The van der Waals surface area contributed by atoms with E-state index in [2.05, 4.69) is 9.88 Å². The number of nitrogens with zero attached hydrogens (tertiary/aromatic N) is 4. The predicted molar refractivity (Wildman–Crippen MR) is 116 cm³/mol. The Bertz CT molecular complexity index is 1320. The summed E-state index contributed by atoms with van der Waals surface area (Å²) < 4.78 is 7.11. The molecular formula is C22H20N4O3S. The predicted octanol–water partition coefficient (Wildman–Crippen LogP) is 3.57. The highest BCUT2D eigenvalue weighted by Crippen LogP contribution is 2.27. The molecule has 1 fully saturated rings. The van der Waals surface area contributed by atoms with E-state index in [0.29, 0.717) is 22.0 Å². The average molecular weight is 420 g/mol. The smallest absolute Gasteiger partial charge is 0.342 e. The minimum atomic E-state index is -0.459. The number of carbonyl (C=O) groups excluding carboxylic acids is 1. The molecule has 30 heavy (non-hydrogen) atoms. The average Bonchev–Trinajstić information content (AvgIpc) is 3.41. The van der Waals surface area contributed by atoms with E-state index in [0.717, 1.165) is 42.5 Å². The molecule has 1 aliphatic heterocycles. The monoisotopic (exact) mass is 420 g/mol. The maximum atomic E-state index is 13.0. The zero-order valence-electron chi connectivity index (χ0n) is 16.5. The van der Waals surface area contributed by atoms with Gasteiger partial charge in [-0.3, -0.25) is 9.20 Å². The molecule has 1 saturated heterocycles. The van der Waals surface area contributed by atoms with Crippen molar-refractivity contribution in [1.82, 2.24) is 14.4 Å². The van der Waals surface area contributed by atoms with Crippen molar-refractivity contribution in [1.29, 1.82) is 0 Å². The van der Waals surface area contributed by atoms with Crippen LogP contribution < -0.4 is 10.5 Å². The fraction of sp³-hybridized carbons (Fsp3) is 0.273. The summed E-state index contributed by atoms with van der Waals surface area (Å²) in [7, 11) is 0. The first-order valence-electron chi connectivity index (χ1n) is 9.89. The Morgan fingerprint density at radius 2 is 1.97 bits per heavy atom. The van der Waals surface area contributed by atoms with Gasteiger partial charge in [-0.05, 0) is 31.9 Å². The summed E-state index contributed by atoms with van der Waals surface area (Å²) >= 11 is 1.39. The fourth-order valence-electron chi connectivity index (χ4n) is 3.82. The first-order valence-corrected chi connectivity index (χ1v) is 10.8. The van der Waals surface area contributed by atoms with E-state index in [9.17, 15) is 9.59 Å². The number of fused-ring (bicyclic) bond motifs is 2. The number of rotatable bonds is 4. The van der Waals surface area contributed by atoms with Crippen LogP contribution in [0.2, 0.25) is 0 Å². The molecule has 4 heterocycles. The molecule has 1 aliphatic rings. The number of hydrogen-bond acceptors (Lipinski definition) is 7. The molecule has 0 bridgehead atoms. The van der Waals surface area contributed by atoms with Gasteiger partial charge in [0, 0.05) is 35.6 Å². The maximum absolute atomic E-state index is 13.0. The van der Waals surface area contributed by atoms with Gasteiger partial charge in [-0.15, -0.1) is 11.3 Å². The molecule has 8 heteroatoms. The summed E-state index contributed by atoms with van der Waals surface area (Å²) in [6.07, 6.45) is 2.16. The molecule has 0 aliphatic carbocycles. The number of thiazole rings is 1. The Labute approximate surface area is 176 Å². The molecule has 4 aromatic rings. The molecule has 0 radical (unpaired) electrons. The lowest BCUT2D eigenvalue weighted by Crippen LogP contribution is -2.23. The molecule has 0 spiro atoms. The lowest BCUT2D eigenvalue weighted by Gasteiger charge is -2.20. The van der Waals surface area contributed by atoms with E-state index in [1.54, 1.807) is 4.40 Å². The van der Waals surface area contributed by atoms with Gasteiger partial charge in [-0.25, -0.2) is 14.8 Å². The highest BCUT2D eigenvalue weighted by Gasteiger charge is 2.23. The van der Waals surface area contributed by atoms with E-state index in [1.807, 2.05) is 42.6 Å². The molecule has 0 saturated carbocycles. The van der Waals surface area contributed by atoms with E-state index < -0.39 is 5.97 Å². The summed E-state index contributed by atoms with van der Waals surface area (Å²) in [6, 6.07) is 11.0. The largest absolute Gasteiger partial charge is 0.455 e. The molecule has 0 atom stereocenters. The number of anilines is 1. The number of carbonyl (C=O) groups is 1. The third-order valence-corrected chi connectivity index (χ3v) is 6.25. The number of pyridine rings is 1. The molecule has 7 nitrogen and oxygen atoms in total. The molecule has 1 aromatic carbocycles. The van der Waals surface area contributed by atoms with Crippen LogP contribution in [0.15, 0.2) is 46.6 Å². The second-order valence-corrected chi connectivity index (χ2v) is 8.24. The van der Waals surface area contributed by atoms with E-state index in [1.165, 1.54) is 17.4 Å². The third kappa shape index (κ3) is 3.33. The van der Waals surface area contributed by atoms with Crippen LogP contribution in [0.5, 0.6) is 0 Å². The topological polar surface area (TPSA) is 76.8 Å². The Morgan fingerprint density at radius 1 is 1.17 bits per heavy atom. The number of ether oxygens (including phenoxy) is 1. The van der Waals surface area contributed by atoms with Crippen LogP contribution in [0.3, 0.4) is 0 Å². The second-order valence-electron chi connectivity index (χ2n) is 7.40. The Kier molecular flexibility index (Phi) is 4.71. The van der Waals surface area contributed by atoms with Gasteiger partial charge in [0.05, 0.1) is 11.2 Å². The quantitative estimate of drug-likeness (QED) is 0.470. The third-order valence-electron chi connectivity index (χ3n) is 5.31. The van der Waals surface area contributed by atoms with Crippen LogP contribution in [0, 0.1) is 6.92 Å². The van der Waals surface area contributed by atoms with Gasteiger partial charge in [0.1, 0.15) is 18.0 Å². The van der Waals surface area contributed by atoms with Crippen LogP contribution in [0.1, 0.15) is 34.6 Å². The number of aromatic nitrogens is 3. The zero-order chi connectivity index (χ0) is 20.7. The molecule has 3 aromatic heterocycles. The van der Waals surface area contributed by atoms with Gasteiger partial charge in [0.2, 0.25) is 0 Å². The van der Waals surface area contributed by atoms with Crippen molar-refractivity contribution in [2.75, 3.05) is 18.0 Å². The van der Waals surface area contributed by atoms with Gasteiger partial charge in [0.15, 0.2) is 4.96 Å². The Balaban J connectivity index is 1.45. The lowest BCUT2D eigenvalue weighted by atomic mass is 10.1. The van der Waals surface area contributed by atoms with Crippen LogP contribution in [0.25, 0.3) is 15.9 Å². The minimum absolute atomic E-state index is 0.0617. The number of aryl methyl sites for hydroxylation is 1. The first kappa shape index (κ1) is 18.7. The van der Waals surface area contributed by atoms with E-state index in [4.69, 9.17) is 9.72 Å². The van der Waals surface area contributed by atoms with Gasteiger partial charge >= 0.3 is 5.97 Å². The molecule has 0 amide bonds. The SMILES string of the molecule is Cc1csc2nc(COC(=O)c3cc4ccccc4nc3N3CCCC3)cc(=O)n12. The van der Waals surface area contributed by atoms with Crippen molar-refractivity contribution in [3.05, 3.63) is 69.1 Å². The lowest BCUT2D eigenvalue weighted by molar-refractivity contribution is 0.0468. The summed E-state index contributed by atoms with van der Waals surface area (Å²) in [4.78, 5) is 37.3.